The number of rotatable bonds is 6. The van der Waals surface area contributed by atoms with Gasteiger partial charge in [-0.2, -0.15) is 0 Å². The van der Waals surface area contributed by atoms with Crippen LogP contribution >= 0.6 is 11.3 Å². The number of aryl methyl sites for hydroxylation is 1. The number of carbonyl (C=O) groups excluding carboxylic acids is 2. The van der Waals surface area contributed by atoms with Crippen molar-refractivity contribution in [3.8, 4) is 5.75 Å². The number of hydrogen-bond acceptors (Lipinski definition) is 7. The molecular formula is C21H22N4O4S. The Morgan fingerprint density at radius 1 is 1.30 bits per heavy atom. The fraction of sp³-hybridized carbons (Fsp3) is 0.333. The van der Waals surface area contributed by atoms with Gasteiger partial charge in [0, 0.05) is 36.0 Å². The number of nitrogens with one attached hydrogen (secondary N) is 1. The molecule has 1 fully saturated rings. The summed E-state index contributed by atoms with van der Waals surface area (Å²) in [6.45, 7) is 3.19. The minimum absolute atomic E-state index is 0.0555. The normalized spacial score (nSPS) is 14.5. The molecule has 2 amide bonds. The number of ether oxygens (including phenoxy) is 1. The lowest BCUT2D eigenvalue weighted by Gasteiger charge is -2.31. The summed E-state index contributed by atoms with van der Waals surface area (Å²) in [6, 6.07) is 8.85. The fourth-order valence-electron chi connectivity index (χ4n) is 3.37. The zero-order valence-electron chi connectivity index (χ0n) is 16.5. The second kappa shape index (κ2) is 9.08. The standard InChI is InChI=1S/C21H22N4O4S/c1-14-9-19(24-29-14)23-20(26)15-5-7-25(8-6-15)21(27)16-3-2-4-18(10-16)28-11-17-12-30-13-22-17/h2-4,9-10,12-13,15H,5-8,11H2,1H3,(H,23,24,26). The van der Waals surface area contributed by atoms with Crippen LogP contribution in [0.4, 0.5) is 5.82 Å². The predicted octanol–water partition coefficient (Wildman–Crippen LogP) is 3.51. The van der Waals surface area contributed by atoms with E-state index in [0.717, 1.165) is 5.69 Å². The van der Waals surface area contributed by atoms with Crippen molar-refractivity contribution in [3.63, 3.8) is 0 Å². The van der Waals surface area contributed by atoms with Crippen LogP contribution in [0.15, 0.2) is 45.7 Å². The highest BCUT2D eigenvalue weighted by Crippen LogP contribution is 2.23. The molecule has 3 aromatic rings. The lowest BCUT2D eigenvalue weighted by molar-refractivity contribution is -0.121. The largest absolute Gasteiger partial charge is 0.487 e. The molecule has 30 heavy (non-hydrogen) atoms. The van der Waals surface area contributed by atoms with Gasteiger partial charge in [-0.15, -0.1) is 11.3 Å². The van der Waals surface area contributed by atoms with Gasteiger partial charge in [0.2, 0.25) is 5.91 Å². The summed E-state index contributed by atoms with van der Waals surface area (Å²) in [5.41, 5.74) is 3.19. The van der Waals surface area contributed by atoms with Gasteiger partial charge in [0.05, 0.1) is 11.2 Å². The SMILES string of the molecule is Cc1cc(NC(=O)C2CCN(C(=O)c3cccc(OCc4cscn4)c3)CC2)no1. The van der Waals surface area contributed by atoms with Gasteiger partial charge in [0.15, 0.2) is 5.82 Å². The maximum atomic E-state index is 12.9. The molecule has 1 aromatic carbocycles. The first-order valence-electron chi connectivity index (χ1n) is 9.72. The smallest absolute Gasteiger partial charge is 0.253 e. The molecular weight excluding hydrogens is 404 g/mol. The number of benzene rings is 1. The predicted molar refractivity (Wildman–Crippen MR) is 111 cm³/mol. The summed E-state index contributed by atoms with van der Waals surface area (Å²) >= 11 is 1.52. The Morgan fingerprint density at radius 2 is 2.13 bits per heavy atom. The maximum Gasteiger partial charge on any atom is 0.253 e. The number of amides is 2. The molecule has 1 aliphatic rings. The second-order valence-electron chi connectivity index (χ2n) is 7.17. The summed E-state index contributed by atoms with van der Waals surface area (Å²) in [5, 5.41) is 8.49. The lowest BCUT2D eigenvalue weighted by atomic mass is 9.95. The molecule has 0 saturated carbocycles. The van der Waals surface area contributed by atoms with Crippen molar-refractivity contribution in [2.75, 3.05) is 18.4 Å². The number of carbonyl (C=O) groups is 2. The third-order valence-electron chi connectivity index (χ3n) is 4.98. The Bertz CT molecular complexity index is 1010. The van der Waals surface area contributed by atoms with Gasteiger partial charge < -0.3 is 19.5 Å². The highest BCUT2D eigenvalue weighted by molar-refractivity contribution is 7.07. The number of hydrogen-bond donors (Lipinski definition) is 1. The molecule has 0 atom stereocenters. The van der Waals surface area contributed by atoms with Crippen LogP contribution in [0.2, 0.25) is 0 Å². The number of likely N-dealkylation sites (tertiary alicyclic amines) is 1. The maximum absolute atomic E-state index is 12.9. The van der Waals surface area contributed by atoms with E-state index in [2.05, 4.69) is 15.5 Å². The minimum atomic E-state index is -0.154. The molecule has 2 aromatic heterocycles. The number of thiazole rings is 1. The number of aromatic nitrogens is 2. The van der Waals surface area contributed by atoms with Crippen molar-refractivity contribution >= 4 is 29.0 Å². The van der Waals surface area contributed by atoms with Crippen molar-refractivity contribution in [2.45, 2.75) is 26.4 Å². The topological polar surface area (TPSA) is 97.6 Å². The summed E-state index contributed by atoms with van der Waals surface area (Å²) in [5.74, 6) is 1.40. The van der Waals surface area contributed by atoms with Crippen LogP contribution in [0.5, 0.6) is 5.75 Å². The van der Waals surface area contributed by atoms with Crippen LogP contribution in [0, 0.1) is 12.8 Å². The van der Waals surface area contributed by atoms with Crippen molar-refractivity contribution in [1.29, 1.82) is 0 Å². The van der Waals surface area contributed by atoms with Crippen LogP contribution < -0.4 is 10.1 Å². The first-order chi connectivity index (χ1) is 14.6. The summed E-state index contributed by atoms with van der Waals surface area (Å²) in [7, 11) is 0. The van der Waals surface area contributed by atoms with E-state index >= 15 is 0 Å². The molecule has 1 N–H and O–H groups in total. The zero-order chi connectivity index (χ0) is 20.9. The van der Waals surface area contributed by atoms with Gasteiger partial charge in [-0.1, -0.05) is 11.2 Å². The van der Waals surface area contributed by atoms with Gasteiger partial charge in [-0.25, -0.2) is 4.98 Å². The van der Waals surface area contributed by atoms with Crippen LogP contribution in [-0.4, -0.2) is 39.9 Å². The minimum Gasteiger partial charge on any atom is -0.487 e. The van der Waals surface area contributed by atoms with Crippen LogP contribution in [0.3, 0.4) is 0 Å². The second-order valence-corrected chi connectivity index (χ2v) is 7.89. The van der Waals surface area contributed by atoms with Gasteiger partial charge >= 0.3 is 0 Å². The van der Waals surface area contributed by atoms with Gasteiger partial charge in [0.1, 0.15) is 18.1 Å². The number of nitrogens with zero attached hydrogens (tertiary/aromatic N) is 3. The van der Waals surface area contributed by atoms with Crippen LogP contribution in [0.1, 0.15) is 34.7 Å². The summed E-state index contributed by atoms with van der Waals surface area (Å²) < 4.78 is 10.7. The molecule has 0 radical (unpaired) electrons. The van der Waals surface area contributed by atoms with E-state index in [1.54, 1.807) is 35.5 Å². The van der Waals surface area contributed by atoms with E-state index in [-0.39, 0.29) is 17.7 Å². The highest BCUT2D eigenvalue weighted by Gasteiger charge is 2.28. The van der Waals surface area contributed by atoms with E-state index in [1.165, 1.54) is 11.3 Å². The molecule has 1 aliphatic heterocycles. The zero-order valence-corrected chi connectivity index (χ0v) is 17.4. The molecule has 156 valence electrons. The van der Waals surface area contributed by atoms with E-state index in [1.807, 2.05) is 17.5 Å². The van der Waals surface area contributed by atoms with E-state index in [9.17, 15) is 9.59 Å². The fourth-order valence-corrected chi connectivity index (χ4v) is 3.91. The van der Waals surface area contributed by atoms with Crippen LogP contribution in [-0.2, 0) is 11.4 Å². The van der Waals surface area contributed by atoms with E-state index in [0.29, 0.717) is 55.4 Å². The molecule has 4 rings (SSSR count). The Morgan fingerprint density at radius 3 is 2.83 bits per heavy atom. The van der Waals surface area contributed by atoms with E-state index < -0.39 is 0 Å². The van der Waals surface area contributed by atoms with Crippen LogP contribution in [0.25, 0.3) is 0 Å². The summed E-state index contributed by atoms with van der Waals surface area (Å²) in [4.78, 5) is 31.3. The Hall–Kier alpha value is -3.20. The van der Waals surface area contributed by atoms with Crippen molar-refractivity contribution in [1.82, 2.24) is 15.0 Å². The number of anilines is 1. The van der Waals surface area contributed by atoms with Gasteiger partial charge in [-0.3, -0.25) is 9.59 Å². The summed E-state index contributed by atoms with van der Waals surface area (Å²) in [6.07, 6.45) is 1.21. The average molecular weight is 426 g/mol. The third-order valence-corrected chi connectivity index (χ3v) is 5.62. The molecule has 0 spiro atoms. The average Bonchev–Trinajstić information content (AvgIpc) is 3.44. The molecule has 9 heteroatoms. The molecule has 0 aliphatic carbocycles. The Labute approximate surface area is 177 Å². The Balaban J connectivity index is 1.30. The Kier molecular flexibility index (Phi) is 6.08. The lowest BCUT2D eigenvalue weighted by Crippen LogP contribution is -2.41. The molecule has 0 unspecified atom stereocenters. The van der Waals surface area contributed by atoms with Crippen molar-refractivity contribution in [3.05, 3.63) is 58.2 Å². The van der Waals surface area contributed by atoms with Crippen molar-refractivity contribution < 1.29 is 18.8 Å². The van der Waals surface area contributed by atoms with Crippen molar-refractivity contribution in [2.24, 2.45) is 5.92 Å². The molecule has 8 nitrogen and oxygen atoms in total. The number of piperidine rings is 1. The molecule has 3 heterocycles. The third kappa shape index (κ3) is 4.85. The molecule has 1 saturated heterocycles. The first-order valence-corrected chi connectivity index (χ1v) is 10.7. The van der Waals surface area contributed by atoms with Gasteiger partial charge in [-0.05, 0) is 38.0 Å². The first kappa shape index (κ1) is 20.1. The van der Waals surface area contributed by atoms with E-state index in [4.69, 9.17) is 9.26 Å². The highest BCUT2D eigenvalue weighted by atomic mass is 32.1. The quantitative estimate of drug-likeness (QED) is 0.648. The monoisotopic (exact) mass is 426 g/mol. The molecule has 0 bridgehead atoms. The van der Waals surface area contributed by atoms with Gasteiger partial charge in [0.25, 0.3) is 5.91 Å².